The average molecular weight is 635 g/mol. The van der Waals surface area contributed by atoms with Crippen LogP contribution < -0.4 is 9.47 Å². The molecule has 0 aromatic heterocycles. The topological polar surface area (TPSA) is 100 Å². The SMILES string of the molecule is COc1cc(/C=C2\N=C(c3ccc(I)c(Br)c3)OC2=O)ccc1OCc1ccc([N+](=O)[O-])cc1. The Kier molecular flexibility index (Phi) is 7.27. The molecule has 0 radical (unpaired) electrons. The largest absolute Gasteiger partial charge is 0.493 e. The van der Waals surface area contributed by atoms with Crippen molar-refractivity contribution >= 4 is 62.2 Å². The standard InChI is InChI=1S/C24H16BrIN2O6/c1-32-22-11-15(4-9-21(22)33-13-14-2-6-17(7-3-14)28(30)31)10-20-24(29)34-23(27-20)16-5-8-19(26)18(25)12-16/h2-12H,13H2,1H3/b20-10-. The number of hydrogen-bond acceptors (Lipinski definition) is 7. The highest BCUT2D eigenvalue weighted by atomic mass is 127. The van der Waals surface area contributed by atoms with Gasteiger partial charge in [-0.05, 0) is 98.2 Å². The number of carbonyl (C=O) groups is 1. The fraction of sp³-hybridized carbons (Fsp3) is 0.0833. The second-order valence-electron chi connectivity index (χ2n) is 7.09. The summed E-state index contributed by atoms with van der Waals surface area (Å²) in [5.41, 5.74) is 2.34. The van der Waals surface area contributed by atoms with Crippen LogP contribution >= 0.6 is 38.5 Å². The van der Waals surface area contributed by atoms with Crippen molar-refractivity contribution in [2.45, 2.75) is 6.61 Å². The third kappa shape index (κ3) is 5.45. The lowest BCUT2D eigenvalue weighted by Gasteiger charge is -2.11. The minimum absolute atomic E-state index is 0.0182. The molecule has 8 nitrogen and oxygen atoms in total. The first-order chi connectivity index (χ1) is 16.3. The summed E-state index contributed by atoms with van der Waals surface area (Å²) < 4.78 is 18.5. The zero-order chi connectivity index (χ0) is 24.2. The number of aliphatic imine (C=N–C) groups is 1. The summed E-state index contributed by atoms with van der Waals surface area (Å²) in [4.78, 5) is 27.0. The Hall–Kier alpha value is -3.25. The van der Waals surface area contributed by atoms with Gasteiger partial charge >= 0.3 is 5.97 Å². The van der Waals surface area contributed by atoms with Gasteiger partial charge in [0.1, 0.15) is 6.61 Å². The van der Waals surface area contributed by atoms with Crippen LogP contribution in [0, 0.1) is 13.7 Å². The van der Waals surface area contributed by atoms with Crippen LogP contribution in [-0.4, -0.2) is 23.9 Å². The predicted molar refractivity (Wildman–Crippen MR) is 138 cm³/mol. The number of methoxy groups -OCH3 is 1. The minimum atomic E-state index is -0.540. The lowest BCUT2D eigenvalue weighted by Crippen LogP contribution is -2.05. The van der Waals surface area contributed by atoms with Crippen molar-refractivity contribution in [3.8, 4) is 11.5 Å². The van der Waals surface area contributed by atoms with Crippen LogP contribution in [0.3, 0.4) is 0 Å². The summed E-state index contributed by atoms with van der Waals surface area (Å²) in [5, 5.41) is 10.8. The summed E-state index contributed by atoms with van der Waals surface area (Å²) in [6.45, 7) is 0.209. The van der Waals surface area contributed by atoms with E-state index in [4.69, 9.17) is 14.2 Å². The van der Waals surface area contributed by atoms with E-state index in [0.717, 1.165) is 13.6 Å². The number of non-ortho nitro benzene ring substituents is 1. The quantitative estimate of drug-likeness (QED) is 0.106. The maximum atomic E-state index is 12.3. The van der Waals surface area contributed by atoms with Crippen molar-refractivity contribution in [1.82, 2.24) is 0 Å². The normalized spacial score (nSPS) is 14.0. The predicted octanol–water partition coefficient (Wildman–Crippen LogP) is 5.89. The van der Waals surface area contributed by atoms with E-state index in [2.05, 4.69) is 43.5 Å². The van der Waals surface area contributed by atoms with Crippen LogP contribution in [0.15, 0.2) is 75.8 Å². The van der Waals surface area contributed by atoms with Crippen LogP contribution in [-0.2, 0) is 16.1 Å². The van der Waals surface area contributed by atoms with Crippen LogP contribution in [0.4, 0.5) is 5.69 Å². The molecular formula is C24H16BrIN2O6. The Labute approximate surface area is 216 Å². The van der Waals surface area contributed by atoms with Crippen molar-refractivity contribution in [3.05, 3.63) is 101 Å². The number of hydrogen-bond donors (Lipinski definition) is 0. The summed E-state index contributed by atoms with van der Waals surface area (Å²) in [7, 11) is 1.51. The molecule has 0 aliphatic carbocycles. The van der Waals surface area contributed by atoms with Crippen molar-refractivity contribution in [3.63, 3.8) is 0 Å². The lowest BCUT2D eigenvalue weighted by atomic mass is 10.1. The smallest absolute Gasteiger partial charge is 0.363 e. The number of esters is 1. The van der Waals surface area contributed by atoms with Gasteiger partial charge in [0.2, 0.25) is 5.90 Å². The van der Waals surface area contributed by atoms with Gasteiger partial charge in [-0.15, -0.1) is 0 Å². The van der Waals surface area contributed by atoms with E-state index >= 15 is 0 Å². The maximum Gasteiger partial charge on any atom is 0.363 e. The number of nitro groups is 1. The monoisotopic (exact) mass is 634 g/mol. The molecule has 1 heterocycles. The fourth-order valence-electron chi connectivity index (χ4n) is 3.09. The van der Waals surface area contributed by atoms with Crippen molar-refractivity contribution in [2.24, 2.45) is 4.99 Å². The molecule has 0 unspecified atom stereocenters. The van der Waals surface area contributed by atoms with E-state index in [9.17, 15) is 14.9 Å². The molecule has 10 heteroatoms. The number of halogens is 2. The first-order valence-electron chi connectivity index (χ1n) is 9.86. The average Bonchev–Trinajstić information content (AvgIpc) is 3.20. The van der Waals surface area contributed by atoms with Gasteiger partial charge in [-0.3, -0.25) is 10.1 Å². The second-order valence-corrected chi connectivity index (χ2v) is 9.10. The first kappa shape index (κ1) is 23.9. The summed E-state index contributed by atoms with van der Waals surface area (Å²) in [5.74, 6) is 0.656. The number of carbonyl (C=O) groups excluding carboxylic acids is 1. The Morgan fingerprint density at radius 2 is 1.88 bits per heavy atom. The molecule has 3 aromatic carbocycles. The van der Waals surface area contributed by atoms with E-state index in [1.54, 1.807) is 36.4 Å². The van der Waals surface area contributed by atoms with Gasteiger partial charge in [-0.1, -0.05) is 6.07 Å². The Morgan fingerprint density at radius 1 is 1.12 bits per heavy atom. The van der Waals surface area contributed by atoms with Gasteiger partial charge in [-0.2, -0.15) is 0 Å². The molecule has 0 saturated heterocycles. The summed E-state index contributed by atoms with van der Waals surface area (Å²) in [6.07, 6.45) is 1.61. The number of nitro benzene ring substituents is 1. The highest BCUT2D eigenvalue weighted by Gasteiger charge is 2.24. The van der Waals surface area contributed by atoms with E-state index in [0.29, 0.717) is 22.6 Å². The molecule has 34 heavy (non-hydrogen) atoms. The molecule has 0 amide bonds. The van der Waals surface area contributed by atoms with Crippen LogP contribution in [0.1, 0.15) is 16.7 Å². The molecule has 172 valence electrons. The molecule has 3 aromatic rings. The van der Waals surface area contributed by atoms with Gasteiger partial charge in [0.25, 0.3) is 5.69 Å². The summed E-state index contributed by atoms with van der Waals surface area (Å²) in [6, 6.07) is 16.9. The Balaban J connectivity index is 1.51. The molecule has 1 aliphatic heterocycles. The van der Waals surface area contributed by atoms with Crippen molar-refractivity contribution < 1.29 is 23.9 Å². The molecule has 0 bridgehead atoms. The number of ether oxygens (including phenoxy) is 3. The van der Waals surface area contributed by atoms with Gasteiger partial charge in [-0.25, -0.2) is 9.79 Å². The highest BCUT2D eigenvalue weighted by Crippen LogP contribution is 2.31. The lowest BCUT2D eigenvalue weighted by molar-refractivity contribution is -0.384. The van der Waals surface area contributed by atoms with Gasteiger partial charge in [0, 0.05) is 25.7 Å². The Bertz CT molecular complexity index is 1340. The van der Waals surface area contributed by atoms with Gasteiger partial charge in [0.05, 0.1) is 12.0 Å². The number of nitrogens with zero attached hydrogens (tertiary/aromatic N) is 2. The molecule has 0 fully saturated rings. The van der Waals surface area contributed by atoms with Crippen LogP contribution in [0.2, 0.25) is 0 Å². The first-order valence-corrected chi connectivity index (χ1v) is 11.7. The second kappa shape index (κ2) is 10.3. The Morgan fingerprint density at radius 3 is 2.56 bits per heavy atom. The third-order valence-corrected chi connectivity index (χ3v) is 7.16. The molecule has 0 spiro atoms. The fourth-order valence-corrected chi connectivity index (χ4v) is 3.80. The number of rotatable bonds is 7. The highest BCUT2D eigenvalue weighted by molar-refractivity contribution is 14.1. The van der Waals surface area contributed by atoms with Crippen molar-refractivity contribution in [1.29, 1.82) is 0 Å². The van der Waals surface area contributed by atoms with Crippen LogP contribution in [0.5, 0.6) is 11.5 Å². The van der Waals surface area contributed by atoms with E-state index in [-0.39, 0.29) is 23.9 Å². The van der Waals surface area contributed by atoms with E-state index in [1.807, 2.05) is 18.2 Å². The zero-order valence-electron chi connectivity index (χ0n) is 17.7. The zero-order valence-corrected chi connectivity index (χ0v) is 21.4. The van der Waals surface area contributed by atoms with Crippen molar-refractivity contribution in [2.75, 3.05) is 7.11 Å². The minimum Gasteiger partial charge on any atom is -0.493 e. The third-order valence-electron chi connectivity index (χ3n) is 4.82. The van der Waals surface area contributed by atoms with Crippen LogP contribution in [0.25, 0.3) is 6.08 Å². The van der Waals surface area contributed by atoms with E-state index in [1.165, 1.54) is 19.2 Å². The summed E-state index contributed by atoms with van der Waals surface area (Å²) >= 11 is 5.66. The number of cyclic esters (lactones) is 1. The molecular weight excluding hydrogens is 619 g/mol. The van der Waals surface area contributed by atoms with E-state index < -0.39 is 10.9 Å². The maximum absolute atomic E-state index is 12.3. The molecule has 4 rings (SSSR count). The molecule has 1 aliphatic rings. The van der Waals surface area contributed by atoms with Gasteiger partial charge in [0.15, 0.2) is 17.2 Å². The molecule has 0 saturated carbocycles. The molecule has 0 atom stereocenters. The number of benzene rings is 3. The molecule has 0 N–H and O–H groups in total. The van der Waals surface area contributed by atoms with Gasteiger partial charge < -0.3 is 14.2 Å².